The predicted molar refractivity (Wildman–Crippen MR) is 74.5 cm³/mol. The lowest BCUT2D eigenvalue weighted by Crippen LogP contribution is -2.32. The summed E-state index contributed by atoms with van der Waals surface area (Å²) in [6.45, 7) is 1.05. The standard InChI is InChI=1S/C10H14N2O6S2/c1-7(10(13)14)20(17,18)12-9-5-3-8(4-6-9)11-19(2,15)16/h3-7,11-12H,1-2H3,(H,13,14). The van der Waals surface area contributed by atoms with E-state index in [-0.39, 0.29) is 11.4 Å². The molecule has 0 aliphatic heterocycles. The van der Waals surface area contributed by atoms with Gasteiger partial charge in [-0.05, 0) is 31.2 Å². The van der Waals surface area contributed by atoms with Crippen LogP contribution in [0.3, 0.4) is 0 Å². The molecule has 0 aliphatic rings. The number of benzene rings is 1. The zero-order chi connectivity index (χ0) is 15.6. The molecular formula is C10H14N2O6S2. The highest BCUT2D eigenvalue weighted by Gasteiger charge is 2.27. The number of carbonyl (C=O) groups is 1. The van der Waals surface area contributed by atoms with Crippen molar-refractivity contribution in [3.63, 3.8) is 0 Å². The van der Waals surface area contributed by atoms with Gasteiger partial charge in [0.1, 0.15) is 0 Å². The maximum atomic E-state index is 11.7. The van der Waals surface area contributed by atoms with Gasteiger partial charge in [0.25, 0.3) is 0 Å². The number of hydrogen-bond acceptors (Lipinski definition) is 5. The number of carboxylic acid groups (broad SMARTS) is 1. The molecule has 10 heteroatoms. The van der Waals surface area contributed by atoms with Crippen molar-refractivity contribution in [2.45, 2.75) is 12.2 Å². The average Bonchev–Trinajstić information content (AvgIpc) is 2.28. The van der Waals surface area contributed by atoms with Crippen molar-refractivity contribution in [2.24, 2.45) is 0 Å². The Morgan fingerprint density at radius 3 is 1.80 bits per heavy atom. The van der Waals surface area contributed by atoms with E-state index in [4.69, 9.17) is 5.11 Å². The molecule has 0 spiro atoms. The smallest absolute Gasteiger partial charge is 0.323 e. The van der Waals surface area contributed by atoms with Crippen LogP contribution >= 0.6 is 0 Å². The first-order valence-corrected chi connectivity index (χ1v) is 8.77. The third kappa shape index (κ3) is 4.70. The second-order valence-electron chi connectivity index (χ2n) is 4.08. The lowest BCUT2D eigenvalue weighted by Gasteiger charge is -2.11. The summed E-state index contributed by atoms with van der Waals surface area (Å²) >= 11 is 0. The number of sulfonamides is 2. The minimum absolute atomic E-state index is 0.136. The molecule has 1 rings (SSSR count). The molecular weight excluding hydrogens is 308 g/mol. The van der Waals surface area contributed by atoms with Gasteiger partial charge >= 0.3 is 5.97 Å². The molecule has 0 aromatic heterocycles. The summed E-state index contributed by atoms with van der Waals surface area (Å²) in [5.74, 6) is -1.46. The van der Waals surface area contributed by atoms with Crippen LogP contribution < -0.4 is 9.44 Å². The van der Waals surface area contributed by atoms with Crippen LogP contribution in [0.4, 0.5) is 11.4 Å². The van der Waals surface area contributed by atoms with Gasteiger partial charge < -0.3 is 5.11 Å². The first kappa shape index (κ1) is 16.2. The summed E-state index contributed by atoms with van der Waals surface area (Å²) < 4.78 is 49.6. The fourth-order valence-corrected chi connectivity index (χ4v) is 2.68. The van der Waals surface area contributed by atoms with Crippen molar-refractivity contribution in [3.05, 3.63) is 24.3 Å². The molecule has 8 nitrogen and oxygen atoms in total. The Bertz CT molecular complexity index is 694. The fourth-order valence-electron chi connectivity index (χ4n) is 1.21. The van der Waals surface area contributed by atoms with E-state index in [0.29, 0.717) is 0 Å². The number of hydrogen-bond donors (Lipinski definition) is 3. The first-order valence-electron chi connectivity index (χ1n) is 5.33. The van der Waals surface area contributed by atoms with Crippen molar-refractivity contribution in [2.75, 3.05) is 15.7 Å². The van der Waals surface area contributed by atoms with Gasteiger partial charge in [-0.25, -0.2) is 16.8 Å². The zero-order valence-electron chi connectivity index (χ0n) is 10.7. The van der Waals surface area contributed by atoms with E-state index in [0.717, 1.165) is 13.2 Å². The quantitative estimate of drug-likeness (QED) is 0.689. The summed E-state index contributed by atoms with van der Waals surface area (Å²) in [7, 11) is -7.46. The van der Waals surface area contributed by atoms with Crippen LogP contribution in [0.25, 0.3) is 0 Å². The van der Waals surface area contributed by atoms with E-state index in [1.807, 2.05) is 0 Å². The van der Waals surface area contributed by atoms with Crippen LogP contribution in [0.5, 0.6) is 0 Å². The highest BCUT2D eigenvalue weighted by Crippen LogP contribution is 2.17. The Balaban J connectivity index is 2.88. The van der Waals surface area contributed by atoms with Gasteiger partial charge in [0.05, 0.1) is 6.26 Å². The maximum Gasteiger partial charge on any atom is 0.323 e. The largest absolute Gasteiger partial charge is 0.480 e. The lowest BCUT2D eigenvalue weighted by molar-refractivity contribution is -0.136. The van der Waals surface area contributed by atoms with Crippen molar-refractivity contribution in [1.29, 1.82) is 0 Å². The van der Waals surface area contributed by atoms with E-state index >= 15 is 0 Å². The molecule has 3 N–H and O–H groups in total. The molecule has 0 saturated heterocycles. The van der Waals surface area contributed by atoms with Gasteiger partial charge in [-0.2, -0.15) is 0 Å². The number of anilines is 2. The van der Waals surface area contributed by atoms with Crippen molar-refractivity contribution in [1.82, 2.24) is 0 Å². The third-order valence-corrected chi connectivity index (χ3v) is 4.52. The van der Waals surface area contributed by atoms with Crippen molar-refractivity contribution in [3.8, 4) is 0 Å². The molecule has 1 atom stereocenters. The highest BCUT2D eigenvalue weighted by molar-refractivity contribution is 7.94. The summed E-state index contributed by atoms with van der Waals surface area (Å²) in [6.07, 6.45) is 0.984. The fraction of sp³-hybridized carbons (Fsp3) is 0.300. The molecule has 0 fully saturated rings. The molecule has 0 radical (unpaired) electrons. The SMILES string of the molecule is CC(C(=O)O)S(=O)(=O)Nc1ccc(NS(C)(=O)=O)cc1. The Morgan fingerprint density at radius 1 is 1.05 bits per heavy atom. The highest BCUT2D eigenvalue weighted by atomic mass is 32.2. The summed E-state index contributed by atoms with van der Waals surface area (Å²) in [5, 5.41) is 7.07. The Labute approximate surface area is 116 Å². The molecule has 0 heterocycles. The molecule has 0 saturated carbocycles. The average molecular weight is 322 g/mol. The summed E-state index contributed by atoms with van der Waals surface area (Å²) in [4.78, 5) is 10.7. The van der Waals surface area contributed by atoms with Gasteiger partial charge in [0, 0.05) is 11.4 Å². The van der Waals surface area contributed by atoms with Crippen LogP contribution in [-0.2, 0) is 24.8 Å². The number of rotatable bonds is 6. The van der Waals surface area contributed by atoms with Crippen molar-refractivity contribution < 1.29 is 26.7 Å². The number of carboxylic acids is 1. The second-order valence-corrected chi connectivity index (χ2v) is 7.83. The van der Waals surface area contributed by atoms with Gasteiger partial charge in [-0.1, -0.05) is 0 Å². The minimum Gasteiger partial charge on any atom is -0.480 e. The molecule has 0 aliphatic carbocycles. The van der Waals surface area contributed by atoms with E-state index in [2.05, 4.69) is 9.44 Å². The third-order valence-electron chi connectivity index (χ3n) is 2.26. The minimum atomic E-state index is -4.05. The molecule has 0 amide bonds. The van der Waals surface area contributed by atoms with Crippen LogP contribution in [0.2, 0.25) is 0 Å². The Hall–Kier alpha value is -1.81. The summed E-state index contributed by atoms with van der Waals surface area (Å²) in [6, 6.07) is 5.34. The van der Waals surface area contributed by atoms with E-state index in [1.54, 1.807) is 0 Å². The molecule has 20 heavy (non-hydrogen) atoms. The monoisotopic (exact) mass is 322 g/mol. The number of nitrogens with one attached hydrogen (secondary N) is 2. The normalized spacial score (nSPS) is 13.5. The molecule has 112 valence electrons. The van der Waals surface area contributed by atoms with Crippen LogP contribution in [0.15, 0.2) is 24.3 Å². The molecule has 1 unspecified atom stereocenters. The molecule has 1 aromatic rings. The van der Waals surface area contributed by atoms with Crippen LogP contribution in [0.1, 0.15) is 6.92 Å². The lowest BCUT2D eigenvalue weighted by atomic mass is 10.3. The summed E-state index contributed by atoms with van der Waals surface area (Å²) in [5.41, 5.74) is 0.402. The second kappa shape index (κ2) is 5.67. The van der Waals surface area contributed by atoms with Crippen LogP contribution in [0, 0.1) is 0 Å². The number of aliphatic carboxylic acids is 1. The van der Waals surface area contributed by atoms with E-state index in [9.17, 15) is 21.6 Å². The van der Waals surface area contributed by atoms with Crippen LogP contribution in [-0.4, -0.2) is 39.4 Å². The first-order chi connectivity index (χ1) is 9.01. The van der Waals surface area contributed by atoms with Gasteiger partial charge in [0.2, 0.25) is 20.0 Å². The zero-order valence-corrected chi connectivity index (χ0v) is 12.3. The Morgan fingerprint density at radius 2 is 1.45 bits per heavy atom. The van der Waals surface area contributed by atoms with Crippen molar-refractivity contribution >= 4 is 37.4 Å². The Kier molecular flexibility index (Phi) is 4.61. The van der Waals surface area contributed by atoms with E-state index < -0.39 is 31.3 Å². The van der Waals surface area contributed by atoms with E-state index in [1.165, 1.54) is 24.3 Å². The molecule has 1 aromatic carbocycles. The van der Waals surface area contributed by atoms with Gasteiger partial charge in [-0.15, -0.1) is 0 Å². The predicted octanol–water partition coefficient (Wildman–Crippen LogP) is 0.273. The maximum absolute atomic E-state index is 11.7. The van der Waals surface area contributed by atoms with Gasteiger partial charge in [0.15, 0.2) is 5.25 Å². The topological polar surface area (TPSA) is 130 Å². The molecule has 0 bridgehead atoms. The van der Waals surface area contributed by atoms with Gasteiger partial charge in [-0.3, -0.25) is 14.2 Å².